The first-order chi connectivity index (χ1) is 7.21. The highest BCUT2D eigenvalue weighted by molar-refractivity contribution is 14.1. The molecule has 1 aromatic rings. The Balaban J connectivity index is 2.27. The zero-order chi connectivity index (χ0) is 10.5. The minimum absolute atomic E-state index is 0.0906. The first-order valence-electron chi connectivity index (χ1n) is 4.69. The lowest BCUT2D eigenvalue weighted by atomic mass is 9.89. The zero-order valence-corrected chi connectivity index (χ0v) is 11.6. The summed E-state index contributed by atoms with van der Waals surface area (Å²) in [6.07, 6.45) is 13.7. The van der Waals surface area contributed by atoms with Crippen molar-refractivity contribution in [2.45, 2.75) is 9.84 Å². The van der Waals surface area contributed by atoms with Gasteiger partial charge < -0.3 is 0 Å². The van der Waals surface area contributed by atoms with Crippen molar-refractivity contribution in [1.29, 1.82) is 0 Å². The van der Waals surface area contributed by atoms with Crippen LogP contribution in [0.3, 0.4) is 0 Å². The molecule has 1 atom stereocenters. The van der Waals surface area contributed by atoms with E-state index >= 15 is 0 Å². The van der Waals surface area contributed by atoms with E-state index in [1.54, 1.807) is 0 Å². The van der Waals surface area contributed by atoms with Crippen LogP contribution in [0.1, 0.15) is 12.2 Å². The van der Waals surface area contributed by atoms with Gasteiger partial charge in [0.2, 0.25) is 0 Å². The van der Waals surface area contributed by atoms with E-state index in [2.05, 4.69) is 78.6 Å². The van der Waals surface area contributed by atoms with Gasteiger partial charge in [-0.1, -0.05) is 40.8 Å². The van der Waals surface area contributed by atoms with Crippen molar-refractivity contribution in [3.63, 3.8) is 0 Å². The Bertz CT molecular complexity index is 513. The predicted octanol–water partition coefficient (Wildman–Crippen LogP) is 3.65. The molecule has 0 radical (unpaired) electrons. The molecule has 76 valence electrons. The molecule has 3 rings (SSSR count). The minimum atomic E-state index is 0.0906. The summed E-state index contributed by atoms with van der Waals surface area (Å²) in [6.45, 7) is 0. The number of hydrogen-bond donors (Lipinski definition) is 0. The van der Waals surface area contributed by atoms with Crippen LogP contribution in [0.5, 0.6) is 0 Å². The standard InChI is InChI=1S/C11H8BrIN2/c12-9-7-14-10-8-3-1-2-4-11(8,13)5-6-15(9)10/h1-3,5-7H,4H2. The summed E-state index contributed by atoms with van der Waals surface area (Å²) in [7, 11) is 0. The number of allylic oxidation sites excluding steroid dienone is 5. The van der Waals surface area contributed by atoms with Gasteiger partial charge in [-0.2, -0.15) is 0 Å². The number of nitrogens with zero attached hydrogens (tertiary/aromatic N) is 2. The topological polar surface area (TPSA) is 17.8 Å². The third-order valence-electron chi connectivity index (χ3n) is 2.74. The van der Waals surface area contributed by atoms with Crippen LogP contribution in [0.2, 0.25) is 0 Å². The summed E-state index contributed by atoms with van der Waals surface area (Å²) < 4.78 is 3.16. The molecule has 2 heterocycles. The molecule has 0 amide bonds. The first-order valence-corrected chi connectivity index (χ1v) is 6.56. The van der Waals surface area contributed by atoms with Crippen LogP contribution in [0, 0.1) is 0 Å². The molecule has 15 heavy (non-hydrogen) atoms. The molecule has 0 spiro atoms. The van der Waals surface area contributed by atoms with Gasteiger partial charge in [0, 0.05) is 11.8 Å². The maximum Gasteiger partial charge on any atom is 0.142 e. The lowest BCUT2D eigenvalue weighted by Gasteiger charge is -2.31. The van der Waals surface area contributed by atoms with Gasteiger partial charge in [0.1, 0.15) is 10.4 Å². The molecule has 0 saturated carbocycles. The number of hydrogen-bond acceptors (Lipinski definition) is 1. The molecule has 0 fully saturated rings. The number of aromatic nitrogens is 2. The van der Waals surface area contributed by atoms with E-state index in [0.717, 1.165) is 16.8 Å². The van der Waals surface area contributed by atoms with E-state index in [1.165, 1.54) is 5.57 Å². The van der Waals surface area contributed by atoms with Crippen molar-refractivity contribution >= 4 is 50.3 Å². The second-order valence-electron chi connectivity index (χ2n) is 3.67. The molecule has 0 N–H and O–H groups in total. The van der Waals surface area contributed by atoms with Gasteiger partial charge >= 0.3 is 0 Å². The van der Waals surface area contributed by atoms with Crippen molar-refractivity contribution in [1.82, 2.24) is 9.55 Å². The van der Waals surface area contributed by atoms with E-state index in [-0.39, 0.29) is 3.42 Å². The Morgan fingerprint density at radius 2 is 2.40 bits per heavy atom. The summed E-state index contributed by atoms with van der Waals surface area (Å²) in [4.78, 5) is 4.44. The largest absolute Gasteiger partial charge is 0.294 e. The van der Waals surface area contributed by atoms with Crippen LogP contribution in [-0.4, -0.2) is 13.0 Å². The number of imidazole rings is 1. The third kappa shape index (κ3) is 1.38. The Kier molecular flexibility index (Phi) is 2.17. The van der Waals surface area contributed by atoms with Gasteiger partial charge in [-0.15, -0.1) is 0 Å². The monoisotopic (exact) mass is 374 g/mol. The Labute approximate surface area is 110 Å². The maximum absolute atomic E-state index is 4.44. The van der Waals surface area contributed by atoms with E-state index in [4.69, 9.17) is 0 Å². The first kappa shape index (κ1) is 9.84. The van der Waals surface area contributed by atoms with Gasteiger partial charge in [0.15, 0.2) is 0 Å². The van der Waals surface area contributed by atoms with Crippen LogP contribution in [0.4, 0.5) is 0 Å². The van der Waals surface area contributed by atoms with E-state index in [9.17, 15) is 0 Å². The molecule has 0 saturated heterocycles. The molecule has 2 aliphatic rings. The maximum atomic E-state index is 4.44. The van der Waals surface area contributed by atoms with Crippen LogP contribution in [-0.2, 0) is 0 Å². The Morgan fingerprint density at radius 1 is 1.53 bits per heavy atom. The van der Waals surface area contributed by atoms with Crippen molar-refractivity contribution in [2.75, 3.05) is 0 Å². The highest BCUT2D eigenvalue weighted by Gasteiger charge is 2.35. The van der Waals surface area contributed by atoms with Gasteiger partial charge in [-0.25, -0.2) is 4.98 Å². The van der Waals surface area contributed by atoms with E-state index < -0.39 is 0 Å². The normalized spacial score (nSPS) is 27.2. The van der Waals surface area contributed by atoms with Gasteiger partial charge in [-0.05, 0) is 28.4 Å². The van der Waals surface area contributed by atoms with Crippen molar-refractivity contribution in [3.8, 4) is 0 Å². The molecule has 1 aliphatic heterocycles. The van der Waals surface area contributed by atoms with Gasteiger partial charge in [-0.3, -0.25) is 4.57 Å². The fourth-order valence-corrected chi connectivity index (χ4v) is 3.17. The zero-order valence-electron chi connectivity index (χ0n) is 7.82. The van der Waals surface area contributed by atoms with E-state index in [0.29, 0.717) is 0 Å². The molecule has 1 aliphatic carbocycles. The molecule has 1 unspecified atom stereocenters. The van der Waals surface area contributed by atoms with E-state index in [1.807, 2.05) is 6.20 Å². The average Bonchev–Trinajstić information content (AvgIpc) is 2.60. The highest BCUT2D eigenvalue weighted by atomic mass is 127. The molecule has 1 aromatic heterocycles. The second-order valence-corrected chi connectivity index (χ2v) is 6.40. The Hall–Kier alpha value is -0.360. The second kappa shape index (κ2) is 3.31. The van der Waals surface area contributed by atoms with Crippen LogP contribution in [0.25, 0.3) is 11.8 Å². The third-order valence-corrected chi connectivity index (χ3v) is 4.71. The van der Waals surface area contributed by atoms with Crippen molar-refractivity contribution in [3.05, 3.63) is 40.9 Å². The lowest BCUT2D eigenvalue weighted by molar-refractivity contribution is 0.882. The number of halogens is 2. The molecular weight excluding hydrogens is 367 g/mol. The summed E-state index contributed by atoms with van der Waals surface area (Å²) in [5, 5.41) is 0. The summed E-state index contributed by atoms with van der Waals surface area (Å²) in [6, 6.07) is 0. The smallest absolute Gasteiger partial charge is 0.142 e. The quantitative estimate of drug-likeness (QED) is 0.500. The number of alkyl halides is 1. The lowest BCUT2D eigenvalue weighted by Crippen LogP contribution is -2.25. The fourth-order valence-electron chi connectivity index (χ4n) is 1.94. The molecule has 2 nitrogen and oxygen atoms in total. The average molecular weight is 375 g/mol. The predicted molar refractivity (Wildman–Crippen MR) is 73.7 cm³/mol. The number of rotatable bonds is 0. The Morgan fingerprint density at radius 3 is 3.27 bits per heavy atom. The summed E-state index contributed by atoms with van der Waals surface area (Å²) >= 11 is 5.99. The minimum Gasteiger partial charge on any atom is -0.294 e. The SMILES string of the molecule is Brc1cnc2n1C=CC1(I)CC=CC=C21. The number of fused-ring (bicyclic) bond motifs is 3. The molecule has 4 heteroatoms. The molecular formula is C11H8BrIN2. The van der Waals surface area contributed by atoms with Gasteiger partial charge in [0.25, 0.3) is 0 Å². The fraction of sp³-hybridized carbons (Fsp3) is 0.182. The van der Waals surface area contributed by atoms with Crippen LogP contribution < -0.4 is 0 Å². The highest BCUT2D eigenvalue weighted by Crippen LogP contribution is 2.45. The summed E-state index contributed by atoms with van der Waals surface area (Å²) in [5.41, 5.74) is 1.29. The molecule has 0 bridgehead atoms. The van der Waals surface area contributed by atoms with Crippen molar-refractivity contribution < 1.29 is 0 Å². The van der Waals surface area contributed by atoms with Gasteiger partial charge in [0.05, 0.1) is 9.62 Å². The van der Waals surface area contributed by atoms with Crippen LogP contribution >= 0.6 is 38.5 Å². The molecule has 0 aromatic carbocycles. The van der Waals surface area contributed by atoms with Crippen molar-refractivity contribution in [2.24, 2.45) is 0 Å². The summed E-state index contributed by atoms with van der Waals surface area (Å²) in [5.74, 6) is 1.04. The van der Waals surface area contributed by atoms with Crippen LogP contribution in [0.15, 0.2) is 35.1 Å².